The fourth-order valence-corrected chi connectivity index (χ4v) is 1.67. The van der Waals surface area contributed by atoms with Crippen molar-refractivity contribution in [2.24, 2.45) is 5.41 Å². The van der Waals surface area contributed by atoms with Gasteiger partial charge in [0, 0.05) is 10.3 Å². The van der Waals surface area contributed by atoms with E-state index in [1.165, 1.54) is 0 Å². The predicted molar refractivity (Wildman–Crippen MR) is 68.4 cm³/mol. The topological polar surface area (TPSA) is 54.4 Å². The second-order valence-corrected chi connectivity index (χ2v) is 5.20. The lowest BCUT2D eigenvalue weighted by molar-refractivity contribution is -0.153. The zero-order chi connectivity index (χ0) is 13.1. The van der Waals surface area contributed by atoms with Crippen LogP contribution in [0.5, 0.6) is 0 Å². The van der Waals surface area contributed by atoms with E-state index in [1.807, 2.05) is 24.3 Å². The number of carbonyl (C=O) groups is 2. The van der Waals surface area contributed by atoms with Crippen molar-refractivity contribution in [3.63, 3.8) is 0 Å². The van der Waals surface area contributed by atoms with Crippen LogP contribution < -0.4 is 0 Å². The molecule has 0 aromatic heterocycles. The number of benzene rings is 1. The maximum Gasteiger partial charge on any atom is 0.372 e. The summed E-state index contributed by atoms with van der Waals surface area (Å²) in [6, 6.07) is 7.63. The molecule has 0 spiro atoms. The Labute approximate surface area is 106 Å². The van der Waals surface area contributed by atoms with E-state index in [0.29, 0.717) is 12.8 Å². The molecule has 0 aliphatic heterocycles. The summed E-state index contributed by atoms with van der Waals surface area (Å²) in [6.45, 7) is 3.33. The van der Waals surface area contributed by atoms with Gasteiger partial charge in [0.05, 0.1) is 0 Å². The van der Waals surface area contributed by atoms with Gasteiger partial charge in [0.15, 0.2) is 0 Å². The molecule has 0 amide bonds. The number of carboxylic acids is 1. The molecule has 0 atom stereocenters. The van der Waals surface area contributed by atoms with Crippen molar-refractivity contribution in [1.82, 2.24) is 0 Å². The number of ketones is 1. The molecule has 1 aromatic carbocycles. The average Bonchev–Trinajstić information content (AvgIpc) is 2.27. The van der Waals surface area contributed by atoms with Crippen LogP contribution in [-0.4, -0.2) is 16.9 Å². The molecule has 0 fully saturated rings. The Hall–Kier alpha value is -1.29. The molecule has 0 aliphatic carbocycles. The first-order valence-electron chi connectivity index (χ1n) is 5.38. The highest BCUT2D eigenvalue weighted by Gasteiger charge is 2.32. The number of Topliss-reactive ketones (excluding diaryl/α,β-unsaturated/α-hetero) is 1. The molecule has 0 unspecified atom stereocenters. The Kier molecular flexibility index (Phi) is 4.34. The number of rotatable bonds is 5. The van der Waals surface area contributed by atoms with E-state index in [2.05, 4.69) is 12.6 Å². The van der Waals surface area contributed by atoms with Gasteiger partial charge in [0.1, 0.15) is 0 Å². The molecule has 0 saturated carbocycles. The van der Waals surface area contributed by atoms with Gasteiger partial charge in [-0.15, -0.1) is 12.6 Å². The molecule has 4 heteroatoms. The van der Waals surface area contributed by atoms with Crippen molar-refractivity contribution in [3.05, 3.63) is 29.8 Å². The van der Waals surface area contributed by atoms with E-state index >= 15 is 0 Å². The second kappa shape index (κ2) is 5.36. The number of thiol groups is 1. The maximum absolute atomic E-state index is 11.4. The molecule has 3 nitrogen and oxygen atoms in total. The minimum absolute atomic E-state index is 0.518. The highest BCUT2D eigenvalue weighted by atomic mass is 32.1. The Balaban J connectivity index is 2.64. The number of carbonyl (C=O) groups excluding carboxylic acids is 1. The summed E-state index contributed by atoms with van der Waals surface area (Å²) >= 11 is 4.18. The molecule has 17 heavy (non-hydrogen) atoms. The standard InChI is InChI=1S/C13H16O3S/c1-13(2,11(14)12(15)16)8-7-9-3-5-10(17)6-4-9/h3-6,17H,7-8H2,1-2H3,(H,15,16). The van der Waals surface area contributed by atoms with Crippen LogP contribution in [0.25, 0.3) is 0 Å². The molecule has 1 N–H and O–H groups in total. The Bertz CT molecular complexity index is 421. The lowest BCUT2D eigenvalue weighted by Gasteiger charge is -2.20. The van der Waals surface area contributed by atoms with Crippen LogP contribution in [0.1, 0.15) is 25.8 Å². The van der Waals surface area contributed by atoms with Gasteiger partial charge in [-0.1, -0.05) is 26.0 Å². The Morgan fingerprint density at radius 1 is 1.24 bits per heavy atom. The van der Waals surface area contributed by atoms with Crippen molar-refractivity contribution in [3.8, 4) is 0 Å². The van der Waals surface area contributed by atoms with Crippen LogP contribution >= 0.6 is 12.6 Å². The minimum Gasteiger partial charge on any atom is -0.475 e. The normalized spacial score (nSPS) is 11.2. The van der Waals surface area contributed by atoms with Crippen molar-refractivity contribution in [1.29, 1.82) is 0 Å². The number of hydrogen-bond acceptors (Lipinski definition) is 3. The largest absolute Gasteiger partial charge is 0.475 e. The van der Waals surface area contributed by atoms with Gasteiger partial charge in [-0.05, 0) is 30.5 Å². The molecule has 0 heterocycles. The Morgan fingerprint density at radius 3 is 2.24 bits per heavy atom. The number of aryl methyl sites for hydroxylation is 1. The molecule has 0 bridgehead atoms. The van der Waals surface area contributed by atoms with E-state index in [4.69, 9.17) is 5.11 Å². The summed E-state index contributed by atoms with van der Waals surface area (Å²) in [7, 11) is 0. The fraction of sp³-hybridized carbons (Fsp3) is 0.385. The molecule has 0 saturated heterocycles. The van der Waals surface area contributed by atoms with Crippen LogP contribution in [0.4, 0.5) is 0 Å². The highest BCUT2D eigenvalue weighted by molar-refractivity contribution is 7.80. The van der Waals surface area contributed by atoms with Crippen molar-refractivity contribution in [2.75, 3.05) is 0 Å². The average molecular weight is 252 g/mol. The van der Waals surface area contributed by atoms with Crippen molar-refractivity contribution < 1.29 is 14.7 Å². The van der Waals surface area contributed by atoms with Gasteiger partial charge in [-0.2, -0.15) is 0 Å². The Morgan fingerprint density at radius 2 is 1.76 bits per heavy atom. The molecule has 1 rings (SSSR count). The van der Waals surface area contributed by atoms with E-state index < -0.39 is 17.2 Å². The minimum atomic E-state index is -1.36. The van der Waals surface area contributed by atoms with Crippen LogP contribution in [-0.2, 0) is 16.0 Å². The van der Waals surface area contributed by atoms with Crippen LogP contribution in [0, 0.1) is 5.41 Å². The molecule has 0 radical (unpaired) electrons. The second-order valence-electron chi connectivity index (χ2n) is 4.68. The third-order valence-electron chi connectivity index (χ3n) is 2.78. The van der Waals surface area contributed by atoms with Gasteiger partial charge in [-0.3, -0.25) is 4.79 Å². The van der Waals surface area contributed by atoms with Gasteiger partial charge < -0.3 is 5.11 Å². The summed E-state index contributed by atoms with van der Waals surface area (Å²) in [4.78, 5) is 23.0. The summed E-state index contributed by atoms with van der Waals surface area (Å²) < 4.78 is 0. The first-order chi connectivity index (χ1) is 7.83. The van der Waals surface area contributed by atoms with Crippen LogP contribution in [0.15, 0.2) is 29.2 Å². The molecule has 1 aromatic rings. The molecular weight excluding hydrogens is 236 g/mol. The number of carboxylic acid groups (broad SMARTS) is 1. The summed E-state index contributed by atoms with van der Waals surface area (Å²) in [5, 5.41) is 8.69. The SMILES string of the molecule is CC(C)(CCc1ccc(S)cc1)C(=O)C(=O)O. The zero-order valence-electron chi connectivity index (χ0n) is 9.93. The zero-order valence-corrected chi connectivity index (χ0v) is 10.8. The monoisotopic (exact) mass is 252 g/mol. The van der Waals surface area contributed by atoms with Crippen LogP contribution in [0.2, 0.25) is 0 Å². The first kappa shape index (κ1) is 13.8. The van der Waals surface area contributed by atoms with Gasteiger partial charge >= 0.3 is 5.97 Å². The van der Waals surface area contributed by atoms with Gasteiger partial charge in [0.25, 0.3) is 0 Å². The van der Waals surface area contributed by atoms with Gasteiger partial charge in [-0.25, -0.2) is 4.79 Å². The number of aliphatic carboxylic acids is 1. The molecule has 92 valence electrons. The first-order valence-corrected chi connectivity index (χ1v) is 5.83. The fourth-order valence-electron chi connectivity index (χ4n) is 1.52. The van der Waals surface area contributed by atoms with E-state index in [9.17, 15) is 9.59 Å². The molecule has 0 aliphatic rings. The quantitative estimate of drug-likeness (QED) is 0.625. The third-order valence-corrected chi connectivity index (χ3v) is 3.08. The lowest BCUT2D eigenvalue weighted by Crippen LogP contribution is -2.31. The summed E-state index contributed by atoms with van der Waals surface area (Å²) in [5.74, 6) is -2.09. The third kappa shape index (κ3) is 3.89. The maximum atomic E-state index is 11.4. The summed E-state index contributed by atoms with van der Waals surface area (Å²) in [5.41, 5.74) is 0.250. The van der Waals surface area contributed by atoms with E-state index in [1.54, 1.807) is 13.8 Å². The van der Waals surface area contributed by atoms with Gasteiger partial charge in [0.2, 0.25) is 5.78 Å². The van der Waals surface area contributed by atoms with E-state index in [0.717, 1.165) is 10.5 Å². The smallest absolute Gasteiger partial charge is 0.372 e. The highest BCUT2D eigenvalue weighted by Crippen LogP contribution is 2.24. The van der Waals surface area contributed by atoms with Crippen LogP contribution in [0.3, 0.4) is 0 Å². The van der Waals surface area contributed by atoms with Crippen molar-refractivity contribution >= 4 is 24.4 Å². The lowest BCUT2D eigenvalue weighted by atomic mass is 9.82. The summed E-state index contributed by atoms with van der Waals surface area (Å²) in [6.07, 6.45) is 1.20. The van der Waals surface area contributed by atoms with E-state index in [-0.39, 0.29) is 0 Å². The molecular formula is C13H16O3S. The van der Waals surface area contributed by atoms with Crippen molar-refractivity contribution in [2.45, 2.75) is 31.6 Å². The predicted octanol–water partition coefficient (Wildman–Crippen LogP) is 2.59. The number of hydrogen-bond donors (Lipinski definition) is 2.